The summed E-state index contributed by atoms with van der Waals surface area (Å²) in [5.41, 5.74) is 10.7. The summed E-state index contributed by atoms with van der Waals surface area (Å²) in [5.74, 6) is 0. The van der Waals surface area contributed by atoms with Gasteiger partial charge in [0.2, 0.25) is 0 Å². The van der Waals surface area contributed by atoms with Crippen LogP contribution in [0.25, 0.3) is 10.2 Å². The molecule has 4 N–H and O–H groups in total. The molecule has 0 saturated carbocycles. The number of thiazole rings is 1. The fourth-order valence-electron chi connectivity index (χ4n) is 3.55. The monoisotopic (exact) mass is 459 g/mol. The molecule has 3 aromatic rings. The summed E-state index contributed by atoms with van der Waals surface area (Å²) < 4.78 is 3.67. The zero-order valence-electron chi connectivity index (χ0n) is 15.6. The van der Waals surface area contributed by atoms with Crippen molar-refractivity contribution in [2.75, 3.05) is 17.2 Å². The molecule has 0 saturated heterocycles. The third-order valence-electron chi connectivity index (χ3n) is 5.02. The smallest absolute Gasteiger partial charge is 0.337 e. The van der Waals surface area contributed by atoms with Gasteiger partial charge in [0, 0.05) is 27.4 Å². The van der Waals surface area contributed by atoms with Gasteiger partial charge >= 0.3 is 5.13 Å². The van der Waals surface area contributed by atoms with Crippen LogP contribution >= 0.6 is 34.5 Å². The van der Waals surface area contributed by atoms with Gasteiger partial charge in [-0.25, -0.2) is 9.47 Å². The molecule has 8 heteroatoms. The van der Waals surface area contributed by atoms with E-state index in [0.29, 0.717) is 0 Å². The SMILES string of the molecule is CCCCc1cc2sc3[n+](c2cc1N)CCN3Cc1c(Cl)cccc1Cl.O.[Cl-]. The zero-order chi connectivity index (χ0) is 18.3. The second-order valence-electron chi connectivity index (χ2n) is 6.78. The first-order chi connectivity index (χ1) is 12.6. The fourth-order valence-corrected chi connectivity index (χ4v) is 5.32. The average Bonchev–Trinajstić information content (AvgIpc) is 3.16. The van der Waals surface area contributed by atoms with Crippen LogP contribution in [0.4, 0.5) is 10.8 Å². The number of hydrogen-bond donors (Lipinski definition) is 1. The summed E-state index contributed by atoms with van der Waals surface area (Å²) >= 11 is 14.6. The first-order valence-electron chi connectivity index (χ1n) is 9.01. The van der Waals surface area contributed by atoms with Gasteiger partial charge in [-0.3, -0.25) is 0 Å². The molecule has 0 spiro atoms. The normalized spacial score (nSPS) is 12.6. The summed E-state index contributed by atoms with van der Waals surface area (Å²) in [7, 11) is 0. The van der Waals surface area contributed by atoms with Crippen LogP contribution in [0.15, 0.2) is 30.3 Å². The van der Waals surface area contributed by atoms with Gasteiger partial charge in [0.05, 0.1) is 4.70 Å². The highest BCUT2D eigenvalue weighted by atomic mass is 35.5. The Morgan fingerprint density at radius 1 is 1.21 bits per heavy atom. The standard InChI is InChI=1S/C20H22Cl2N3S.ClH.H2O/c1-2-3-5-13-10-19-18(11-17(13)23)25-9-8-24(20(25)26-19)12-14-15(21)6-4-7-16(14)22;;/h4,6-7,10-11H,2-3,5,8-9,12,23H2,1H3;1H;1H2/q+1;;/p-1. The van der Waals surface area contributed by atoms with Crippen LogP contribution in [0.3, 0.4) is 0 Å². The molecule has 4 nitrogen and oxygen atoms in total. The second-order valence-corrected chi connectivity index (χ2v) is 8.60. The maximum absolute atomic E-state index is 6.37. The number of nitrogens with zero attached hydrogens (tertiary/aromatic N) is 2. The van der Waals surface area contributed by atoms with Crippen molar-refractivity contribution in [1.82, 2.24) is 0 Å². The number of nitrogens with two attached hydrogens (primary N) is 1. The van der Waals surface area contributed by atoms with Gasteiger partial charge in [-0.1, -0.05) is 42.6 Å². The van der Waals surface area contributed by atoms with E-state index in [1.807, 2.05) is 29.5 Å². The molecular weight excluding hydrogens is 437 g/mol. The van der Waals surface area contributed by atoms with E-state index in [4.69, 9.17) is 28.9 Å². The quantitative estimate of drug-likeness (QED) is 0.464. The maximum atomic E-state index is 6.37. The van der Waals surface area contributed by atoms with Crippen LogP contribution in [0, 0.1) is 0 Å². The van der Waals surface area contributed by atoms with Gasteiger partial charge in [0.25, 0.3) is 0 Å². The first-order valence-corrected chi connectivity index (χ1v) is 10.6. The Hall–Kier alpha value is -1.24. The Labute approximate surface area is 185 Å². The number of unbranched alkanes of at least 4 members (excludes halogenated alkanes) is 1. The molecule has 1 aromatic heterocycles. The minimum atomic E-state index is 0. The second kappa shape index (κ2) is 9.51. The van der Waals surface area contributed by atoms with Crippen LogP contribution in [0.5, 0.6) is 0 Å². The van der Waals surface area contributed by atoms with Gasteiger partial charge in [0.1, 0.15) is 25.2 Å². The highest BCUT2D eigenvalue weighted by Gasteiger charge is 2.33. The van der Waals surface area contributed by atoms with Gasteiger partial charge < -0.3 is 23.6 Å². The molecule has 0 bridgehead atoms. The van der Waals surface area contributed by atoms with E-state index in [-0.39, 0.29) is 17.9 Å². The van der Waals surface area contributed by atoms with Crippen molar-refractivity contribution in [2.24, 2.45) is 0 Å². The Kier molecular flexibility index (Phi) is 7.82. The summed E-state index contributed by atoms with van der Waals surface area (Å²) in [6, 6.07) is 10.1. The molecule has 0 radical (unpaired) electrons. The third-order valence-corrected chi connectivity index (χ3v) is 6.93. The van der Waals surface area contributed by atoms with E-state index in [9.17, 15) is 0 Å². The van der Waals surface area contributed by atoms with Crippen LogP contribution < -0.4 is 27.6 Å². The number of benzene rings is 2. The molecule has 1 aliphatic heterocycles. The van der Waals surface area contributed by atoms with Crippen molar-refractivity contribution in [3.63, 3.8) is 0 Å². The molecule has 2 aromatic carbocycles. The van der Waals surface area contributed by atoms with Gasteiger partial charge in [0.15, 0.2) is 0 Å². The molecule has 152 valence electrons. The molecule has 0 atom stereocenters. The van der Waals surface area contributed by atoms with Gasteiger partial charge in [-0.15, -0.1) is 0 Å². The van der Waals surface area contributed by atoms with Crippen LogP contribution in [-0.2, 0) is 19.5 Å². The van der Waals surface area contributed by atoms with Crippen LogP contribution in [-0.4, -0.2) is 12.0 Å². The number of hydrogen-bond acceptors (Lipinski definition) is 3. The minimum Gasteiger partial charge on any atom is -1.00 e. The summed E-state index contributed by atoms with van der Waals surface area (Å²) in [6.45, 7) is 4.86. The summed E-state index contributed by atoms with van der Waals surface area (Å²) in [6.07, 6.45) is 3.40. The number of anilines is 2. The highest BCUT2D eigenvalue weighted by molar-refractivity contribution is 7.21. The fraction of sp³-hybridized carbons (Fsp3) is 0.350. The van der Waals surface area contributed by atoms with Crippen LogP contribution in [0.1, 0.15) is 30.9 Å². The average molecular weight is 461 g/mol. The molecule has 4 rings (SSSR count). The van der Waals surface area contributed by atoms with Crippen molar-refractivity contribution in [3.05, 3.63) is 51.5 Å². The number of aromatic nitrogens is 1. The van der Waals surface area contributed by atoms with E-state index < -0.39 is 0 Å². The number of nitrogen functional groups attached to an aromatic ring is 1. The van der Waals surface area contributed by atoms with E-state index in [1.165, 1.54) is 33.8 Å². The minimum absolute atomic E-state index is 0. The van der Waals surface area contributed by atoms with Crippen molar-refractivity contribution in [2.45, 2.75) is 39.3 Å². The largest absolute Gasteiger partial charge is 1.00 e. The predicted octanol–water partition coefficient (Wildman–Crippen LogP) is 1.62. The Balaban J connectivity index is 0.00000140. The summed E-state index contributed by atoms with van der Waals surface area (Å²) in [4.78, 5) is 2.36. The molecule has 0 amide bonds. The Morgan fingerprint density at radius 3 is 2.61 bits per heavy atom. The highest BCUT2D eigenvalue weighted by Crippen LogP contribution is 2.35. The molecular formula is C20H24Cl3N3OS. The molecule has 1 aliphatic rings. The number of fused-ring (bicyclic) bond motifs is 3. The molecule has 0 fully saturated rings. The Morgan fingerprint density at radius 2 is 1.93 bits per heavy atom. The molecule has 0 aliphatic carbocycles. The first kappa shape index (κ1) is 23.0. The van der Waals surface area contributed by atoms with Crippen LogP contribution in [0.2, 0.25) is 10.0 Å². The predicted molar refractivity (Wildman–Crippen MR) is 116 cm³/mol. The molecule has 2 heterocycles. The number of rotatable bonds is 5. The Bertz CT molecular complexity index is 957. The molecule has 0 unspecified atom stereocenters. The van der Waals surface area contributed by atoms with E-state index in [1.54, 1.807) is 0 Å². The number of halogens is 3. The third kappa shape index (κ3) is 4.19. The lowest BCUT2D eigenvalue weighted by atomic mass is 10.1. The van der Waals surface area contributed by atoms with E-state index in [2.05, 4.69) is 28.5 Å². The number of aryl methyl sites for hydroxylation is 1. The van der Waals surface area contributed by atoms with Crippen molar-refractivity contribution in [1.29, 1.82) is 0 Å². The lowest BCUT2D eigenvalue weighted by molar-refractivity contribution is -0.641. The maximum Gasteiger partial charge on any atom is 0.337 e. The topological polar surface area (TPSA) is 64.6 Å². The van der Waals surface area contributed by atoms with Gasteiger partial charge in [-0.05, 0) is 47.9 Å². The van der Waals surface area contributed by atoms with Gasteiger partial charge in [-0.2, -0.15) is 0 Å². The van der Waals surface area contributed by atoms with Crippen molar-refractivity contribution < 1.29 is 22.5 Å². The van der Waals surface area contributed by atoms with Crippen molar-refractivity contribution in [3.8, 4) is 0 Å². The van der Waals surface area contributed by atoms with Crippen molar-refractivity contribution >= 4 is 55.6 Å². The summed E-state index contributed by atoms with van der Waals surface area (Å²) in [5, 5.41) is 2.70. The lowest BCUT2D eigenvalue weighted by Crippen LogP contribution is -3.00. The van der Waals surface area contributed by atoms with E-state index in [0.717, 1.165) is 47.4 Å². The zero-order valence-corrected chi connectivity index (χ0v) is 18.7. The molecule has 28 heavy (non-hydrogen) atoms. The van der Waals surface area contributed by atoms with E-state index >= 15 is 0 Å². The lowest BCUT2D eigenvalue weighted by Gasteiger charge is -2.11.